The van der Waals surface area contributed by atoms with Crippen molar-refractivity contribution in [1.82, 2.24) is 24.6 Å². The molecule has 2 aromatic rings. The van der Waals surface area contributed by atoms with Gasteiger partial charge in [0.15, 0.2) is 17.4 Å². The summed E-state index contributed by atoms with van der Waals surface area (Å²) in [5.74, 6) is -0.252. The van der Waals surface area contributed by atoms with E-state index in [4.69, 9.17) is 14.3 Å². The molecule has 0 amide bonds. The third-order valence-corrected chi connectivity index (χ3v) is 3.85. The van der Waals surface area contributed by atoms with Crippen LogP contribution in [0.15, 0.2) is 12.7 Å². The Labute approximate surface area is 143 Å². The maximum Gasteiger partial charge on any atom is 0.242 e. The number of rotatable bonds is 7. The van der Waals surface area contributed by atoms with Crippen molar-refractivity contribution in [2.45, 2.75) is 24.5 Å². The summed E-state index contributed by atoms with van der Waals surface area (Å²) in [7, 11) is 3.50. The Morgan fingerprint density at radius 1 is 1.28 bits per heavy atom. The van der Waals surface area contributed by atoms with Gasteiger partial charge in [-0.05, 0) is 0 Å². The molecule has 4 atom stereocenters. The highest BCUT2D eigenvalue weighted by Gasteiger charge is 2.45. The minimum Gasteiger partial charge on any atom is -0.492 e. The molecular weight excluding hydrogens is 334 g/mol. The molecular formula is C14H21N5O6. The number of aromatic nitrogens is 4. The van der Waals surface area contributed by atoms with Crippen LogP contribution in [-0.2, 0) is 14.3 Å². The molecule has 2 aromatic heterocycles. The average molecular weight is 355 g/mol. The summed E-state index contributed by atoms with van der Waals surface area (Å²) >= 11 is 0. The normalized spacial score (nSPS) is 26.8. The van der Waals surface area contributed by atoms with Crippen LogP contribution in [0, 0.1) is 0 Å². The number of nitrogens with zero attached hydrogens (tertiary/aromatic N) is 5. The highest BCUT2D eigenvalue weighted by Crippen LogP contribution is 2.34. The van der Waals surface area contributed by atoms with Crippen LogP contribution in [0.4, 0.5) is 0 Å². The van der Waals surface area contributed by atoms with E-state index < -0.39 is 24.5 Å². The number of aliphatic hydroxyl groups excluding tert-OH is 2. The molecule has 1 aliphatic rings. The van der Waals surface area contributed by atoms with Crippen LogP contribution >= 0.6 is 0 Å². The molecule has 11 heteroatoms. The van der Waals surface area contributed by atoms with Gasteiger partial charge in [-0.3, -0.25) is 9.40 Å². The highest BCUT2D eigenvalue weighted by molar-refractivity contribution is 5.75. The number of aromatic hydroxyl groups is 1. The molecule has 1 saturated heterocycles. The van der Waals surface area contributed by atoms with Crippen LogP contribution in [0.2, 0.25) is 0 Å². The van der Waals surface area contributed by atoms with E-state index in [2.05, 4.69) is 15.0 Å². The minimum atomic E-state index is -1.04. The highest BCUT2D eigenvalue weighted by atomic mass is 16.7. The number of fused-ring (bicyclic) bond motifs is 1. The second-order valence-corrected chi connectivity index (χ2v) is 5.74. The zero-order valence-electron chi connectivity index (χ0n) is 13.9. The number of ether oxygens (including phenoxy) is 2. The lowest BCUT2D eigenvalue weighted by Gasteiger charge is -2.22. The van der Waals surface area contributed by atoms with E-state index in [-0.39, 0.29) is 24.6 Å². The van der Waals surface area contributed by atoms with Crippen molar-refractivity contribution in [3.05, 3.63) is 12.7 Å². The Bertz CT molecular complexity index is 710. The van der Waals surface area contributed by atoms with Gasteiger partial charge in [0.1, 0.15) is 24.6 Å². The van der Waals surface area contributed by atoms with Crippen molar-refractivity contribution in [1.29, 1.82) is 0 Å². The molecule has 0 bridgehead atoms. The number of hydroxylamine groups is 2. The smallest absolute Gasteiger partial charge is 0.242 e. The van der Waals surface area contributed by atoms with Crippen molar-refractivity contribution in [2.24, 2.45) is 0 Å². The largest absolute Gasteiger partial charge is 0.492 e. The zero-order chi connectivity index (χ0) is 18.0. The van der Waals surface area contributed by atoms with Crippen LogP contribution < -0.4 is 0 Å². The second kappa shape index (κ2) is 7.56. The van der Waals surface area contributed by atoms with E-state index in [9.17, 15) is 15.3 Å². The van der Waals surface area contributed by atoms with E-state index in [1.54, 1.807) is 19.2 Å². The first-order valence-electron chi connectivity index (χ1n) is 7.75. The van der Waals surface area contributed by atoms with Gasteiger partial charge < -0.3 is 24.8 Å². The first-order chi connectivity index (χ1) is 12.0. The first kappa shape index (κ1) is 17.9. The lowest BCUT2D eigenvalue weighted by Crippen LogP contribution is -2.36. The fourth-order valence-corrected chi connectivity index (χ4v) is 2.70. The van der Waals surface area contributed by atoms with E-state index in [0.29, 0.717) is 12.3 Å². The summed E-state index contributed by atoms with van der Waals surface area (Å²) in [6.07, 6.45) is -0.767. The third kappa shape index (κ3) is 3.56. The number of hydrogen-bond acceptors (Lipinski definition) is 10. The lowest BCUT2D eigenvalue weighted by molar-refractivity contribution is -0.150. The van der Waals surface area contributed by atoms with Crippen LogP contribution in [0.3, 0.4) is 0 Å². The van der Waals surface area contributed by atoms with Crippen molar-refractivity contribution >= 4 is 11.2 Å². The summed E-state index contributed by atoms with van der Waals surface area (Å²) in [6, 6.07) is 0. The fraction of sp³-hybridized carbons (Fsp3) is 0.643. The van der Waals surface area contributed by atoms with Gasteiger partial charge in [0.2, 0.25) is 5.88 Å². The Morgan fingerprint density at radius 3 is 2.80 bits per heavy atom. The zero-order valence-corrected chi connectivity index (χ0v) is 13.9. The predicted molar refractivity (Wildman–Crippen MR) is 83.4 cm³/mol. The van der Waals surface area contributed by atoms with Crippen molar-refractivity contribution in [2.75, 3.05) is 33.9 Å². The second-order valence-electron chi connectivity index (χ2n) is 5.74. The van der Waals surface area contributed by atoms with Gasteiger partial charge in [0.05, 0.1) is 26.1 Å². The van der Waals surface area contributed by atoms with E-state index in [0.717, 1.165) is 0 Å². The Kier molecular flexibility index (Phi) is 5.42. The molecule has 0 aromatic carbocycles. The van der Waals surface area contributed by atoms with Gasteiger partial charge in [0.25, 0.3) is 0 Å². The minimum absolute atomic E-state index is 0.211. The molecule has 2 unspecified atom stereocenters. The Hall–Kier alpha value is -1.89. The maximum atomic E-state index is 10.4. The molecule has 25 heavy (non-hydrogen) atoms. The summed E-state index contributed by atoms with van der Waals surface area (Å²) in [4.78, 5) is 17.1. The van der Waals surface area contributed by atoms with Crippen molar-refractivity contribution in [3.8, 4) is 5.88 Å². The molecule has 3 heterocycles. The van der Waals surface area contributed by atoms with Gasteiger partial charge in [0, 0.05) is 14.1 Å². The number of hydrogen-bond donors (Lipinski definition) is 3. The van der Waals surface area contributed by atoms with Crippen LogP contribution in [0.5, 0.6) is 5.88 Å². The molecule has 0 aliphatic carbocycles. The predicted octanol–water partition coefficient (Wildman–Crippen LogP) is -1.34. The van der Waals surface area contributed by atoms with E-state index in [1.807, 2.05) is 0 Å². The summed E-state index contributed by atoms with van der Waals surface area (Å²) in [5.41, 5.74) is 0.546. The molecule has 0 spiro atoms. The maximum absolute atomic E-state index is 10.4. The first-order valence-corrected chi connectivity index (χ1v) is 7.75. The lowest BCUT2D eigenvalue weighted by atomic mass is 10.1. The molecule has 1 aliphatic heterocycles. The van der Waals surface area contributed by atoms with Crippen molar-refractivity contribution < 1.29 is 29.6 Å². The Morgan fingerprint density at radius 2 is 2.08 bits per heavy atom. The summed E-state index contributed by atoms with van der Waals surface area (Å²) in [5, 5.41) is 31.1. The molecule has 1 fully saturated rings. The number of imidazole rings is 1. The Balaban J connectivity index is 1.82. The SMILES string of the molecule is CN(C)OCCOC1C(O)[C@@H](CO)O[C@H]1n1cnc2c(O)ncnc21. The molecule has 138 valence electrons. The molecule has 3 rings (SSSR count). The summed E-state index contributed by atoms with van der Waals surface area (Å²) in [6.45, 7) is 0.143. The van der Waals surface area contributed by atoms with Gasteiger partial charge in [-0.2, -0.15) is 10.0 Å². The number of aliphatic hydroxyl groups is 2. The average Bonchev–Trinajstić information content (AvgIpc) is 3.14. The van der Waals surface area contributed by atoms with E-state index >= 15 is 0 Å². The van der Waals surface area contributed by atoms with Crippen LogP contribution in [0.1, 0.15) is 6.23 Å². The van der Waals surface area contributed by atoms with Gasteiger partial charge in [-0.25, -0.2) is 9.97 Å². The van der Waals surface area contributed by atoms with Gasteiger partial charge >= 0.3 is 0 Å². The van der Waals surface area contributed by atoms with Gasteiger partial charge in [-0.15, -0.1) is 0 Å². The van der Waals surface area contributed by atoms with Crippen LogP contribution in [0.25, 0.3) is 11.2 Å². The molecule has 0 radical (unpaired) electrons. The molecule has 0 saturated carbocycles. The van der Waals surface area contributed by atoms with E-state index in [1.165, 1.54) is 17.2 Å². The molecule has 11 nitrogen and oxygen atoms in total. The topological polar surface area (TPSA) is 135 Å². The monoisotopic (exact) mass is 355 g/mol. The third-order valence-electron chi connectivity index (χ3n) is 3.85. The van der Waals surface area contributed by atoms with Crippen molar-refractivity contribution in [3.63, 3.8) is 0 Å². The van der Waals surface area contributed by atoms with Crippen LogP contribution in [-0.4, -0.2) is 92.1 Å². The fourth-order valence-electron chi connectivity index (χ4n) is 2.70. The summed E-state index contributed by atoms with van der Waals surface area (Å²) < 4.78 is 13.0. The quantitative estimate of drug-likeness (QED) is 0.404. The standard InChI is InChI=1S/C14H21N5O6/c1-18(2)24-4-3-23-11-10(21)8(5-20)25-14(11)19-7-17-9-12(19)15-6-16-13(9)22/h6-8,10-11,14,20-21H,3-5H2,1-2H3,(H,15,16,22)/t8-,10?,11?,14-/m1/s1. The molecule has 3 N–H and O–H groups in total. The van der Waals surface area contributed by atoms with Gasteiger partial charge in [-0.1, -0.05) is 0 Å².